The van der Waals surface area contributed by atoms with Crippen molar-refractivity contribution in [1.29, 1.82) is 0 Å². The number of amides is 1. The molecule has 150 valence electrons. The Balaban J connectivity index is 1.43. The van der Waals surface area contributed by atoms with Crippen LogP contribution in [0.5, 0.6) is 5.75 Å². The van der Waals surface area contributed by atoms with Crippen LogP contribution in [0.15, 0.2) is 60.7 Å². The van der Waals surface area contributed by atoms with E-state index in [2.05, 4.69) is 44.6 Å². The summed E-state index contributed by atoms with van der Waals surface area (Å²) in [6, 6.07) is 20.4. The Morgan fingerprint density at radius 1 is 1.00 bits per heavy atom. The summed E-state index contributed by atoms with van der Waals surface area (Å²) in [4.78, 5) is 16.9. The Bertz CT molecular complexity index is 921. The Hall–Kier alpha value is -3.19. The molecule has 2 heterocycles. The maximum absolute atomic E-state index is 12.7. The van der Waals surface area contributed by atoms with Crippen LogP contribution in [0.2, 0.25) is 0 Å². The van der Waals surface area contributed by atoms with Crippen molar-refractivity contribution in [3.05, 3.63) is 77.6 Å². The Morgan fingerprint density at radius 3 is 2.28 bits per heavy atom. The van der Waals surface area contributed by atoms with Crippen molar-refractivity contribution in [1.82, 2.24) is 25.2 Å². The van der Waals surface area contributed by atoms with Crippen LogP contribution in [-0.2, 0) is 0 Å². The third-order valence-corrected chi connectivity index (χ3v) is 5.30. The molecule has 1 unspecified atom stereocenters. The van der Waals surface area contributed by atoms with Gasteiger partial charge in [-0.15, -0.1) is 0 Å². The van der Waals surface area contributed by atoms with Crippen molar-refractivity contribution in [2.24, 2.45) is 0 Å². The fourth-order valence-corrected chi connectivity index (χ4v) is 3.65. The minimum absolute atomic E-state index is 0.0623. The average molecular weight is 391 g/mol. The molecule has 0 aliphatic carbocycles. The van der Waals surface area contributed by atoms with E-state index < -0.39 is 0 Å². The number of aromatic amines is 1. The van der Waals surface area contributed by atoms with Gasteiger partial charge >= 0.3 is 0 Å². The molecule has 0 spiro atoms. The van der Waals surface area contributed by atoms with Crippen LogP contribution in [0, 0.1) is 6.92 Å². The van der Waals surface area contributed by atoms with Crippen LogP contribution in [0.3, 0.4) is 0 Å². The highest BCUT2D eigenvalue weighted by Gasteiger charge is 2.29. The average Bonchev–Trinajstić information content (AvgIpc) is 3.21. The van der Waals surface area contributed by atoms with Crippen molar-refractivity contribution in [2.45, 2.75) is 13.0 Å². The van der Waals surface area contributed by atoms with Crippen molar-refractivity contribution >= 4 is 5.91 Å². The number of rotatable bonds is 6. The molecule has 0 radical (unpaired) electrons. The number of piperazine rings is 1. The maximum atomic E-state index is 12.7. The van der Waals surface area contributed by atoms with Gasteiger partial charge in [-0.05, 0) is 24.6 Å². The molecular weight excluding hydrogens is 366 g/mol. The molecule has 1 saturated heterocycles. The van der Waals surface area contributed by atoms with Crippen LogP contribution in [-0.4, -0.2) is 63.9 Å². The molecular formula is C22H25N5O2. The summed E-state index contributed by atoms with van der Waals surface area (Å²) in [5, 5.41) is 10.5. The van der Waals surface area contributed by atoms with E-state index >= 15 is 0 Å². The first kappa shape index (κ1) is 19.1. The number of nitrogens with one attached hydrogen (secondary N) is 1. The Morgan fingerprint density at radius 2 is 1.66 bits per heavy atom. The SMILES string of the molecule is Cc1n[nH]nc1C(=O)N1CCN(C(COc2ccccc2)c2ccccc2)CC1. The predicted octanol–water partition coefficient (Wildman–Crippen LogP) is 2.69. The number of aryl methyl sites for hydroxylation is 1. The van der Waals surface area contributed by atoms with Gasteiger partial charge in [0.1, 0.15) is 12.4 Å². The number of benzene rings is 2. The van der Waals surface area contributed by atoms with E-state index in [-0.39, 0.29) is 11.9 Å². The molecule has 1 atom stereocenters. The number of carbonyl (C=O) groups is 1. The number of para-hydroxylation sites is 1. The van der Waals surface area contributed by atoms with Gasteiger partial charge < -0.3 is 9.64 Å². The first-order valence-corrected chi connectivity index (χ1v) is 9.86. The van der Waals surface area contributed by atoms with Gasteiger partial charge in [-0.25, -0.2) is 0 Å². The number of nitrogens with zero attached hydrogens (tertiary/aromatic N) is 4. The van der Waals surface area contributed by atoms with Gasteiger partial charge in [0.15, 0.2) is 5.69 Å². The molecule has 0 bridgehead atoms. The molecule has 1 amide bonds. The largest absolute Gasteiger partial charge is 0.492 e. The number of ether oxygens (including phenoxy) is 1. The fraction of sp³-hybridized carbons (Fsp3) is 0.318. The van der Waals surface area contributed by atoms with E-state index in [0.29, 0.717) is 31.1 Å². The molecule has 7 heteroatoms. The summed E-state index contributed by atoms with van der Waals surface area (Å²) in [6.45, 7) is 5.21. The first-order chi connectivity index (χ1) is 14.2. The van der Waals surface area contributed by atoms with E-state index in [9.17, 15) is 4.79 Å². The van der Waals surface area contributed by atoms with Gasteiger partial charge in [-0.3, -0.25) is 9.69 Å². The number of hydrogen-bond acceptors (Lipinski definition) is 5. The summed E-state index contributed by atoms with van der Waals surface area (Å²) in [5.74, 6) is 0.802. The van der Waals surface area contributed by atoms with Crippen LogP contribution in [0.25, 0.3) is 0 Å². The van der Waals surface area contributed by atoms with Crippen molar-refractivity contribution in [3.63, 3.8) is 0 Å². The summed E-state index contributed by atoms with van der Waals surface area (Å²) < 4.78 is 6.08. The minimum Gasteiger partial charge on any atom is -0.492 e. The first-order valence-electron chi connectivity index (χ1n) is 9.86. The standard InChI is InChI=1S/C22H25N5O2/c1-17-21(24-25-23-17)22(28)27-14-12-26(13-15-27)20(18-8-4-2-5-9-18)16-29-19-10-6-3-7-11-19/h2-11,20H,12-16H2,1H3,(H,23,24,25). The molecule has 4 rings (SSSR count). The molecule has 1 aliphatic heterocycles. The molecule has 3 aromatic rings. The fourth-order valence-electron chi connectivity index (χ4n) is 3.65. The van der Waals surface area contributed by atoms with Gasteiger partial charge in [0.25, 0.3) is 5.91 Å². The summed E-state index contributed by atoms with van der Waals surface area (Å²) in [7, 11) is 0. The normalized spacial score (nSPS) is 15.8. The van der Waals surface area contributed by atoms with Gasteiger partial charge in [0.2, 0.25) is 0 Å². The predicted molar refractivity (Wildman–Crippen MR) is 110 cm³/mol. The van der Waals surface area contributed by atoms with Crippen molar-refractivity contribution < 1.29 is 9.53 Å². The van der Waals surface area contributed by atoms with Crippen molar-refractivity contribution in [3.8, 4) is 5.75 Å². The van der Waals surface area contributed by atoms with E-state index in [1.807, 2.05) is 41.3 Å². The highest BCUT2D eigenvalue weighted by molar-refractivity contribution is 5.93. The second-order valence-corrected chi connectivity index (χ2v) is 7.14. The quantitative estimate of drug-likeness (QED) is 0.699. The highest BCUT2D eigenvalue weighted by Crippen LogP contribution is 2.24. The molecule has 0 saturated carbocycles. The number of carbonyl (C=O) groups excluding carboxylic acids is 1. The lowest BCUT2D eigenvalue weighted by atomic mass is 10.0. The smallest absolute Gasteiger partial charge is 0.276 e. The molecule has 1 N–H and O–H groups in total. The third kappa shape index (κ3) is 4.46. The monoisotopic (exact) mass is 391 g/mol. The number of hydrogen-bond donors (Lipinski definition) is 1. The summed E-state index contributed by atoms with van der Waals surface area (Å²) in [5.41, 5.74) is 2.26. The lowest BCUT2D eigenvalue weighted by molar-refractivity contribution is 0.0494. The minimum atomic E-state index is -0.0623. The molecule has 2 aromatic carbocycles. The van der Waals surface area contributed by atoms with Gasteiger partial charge in [0, 0.05) is 26.2 Å². The second kappa shape index (κ2) is 8.87. The Kier molecular flexibility index (Phi) is 5.86. The maximum Gasteiger partial charge on any atom is 0.276 e. The van der Waals surface area contributed by atoms with Crippen LogP contribution in [0.1, 0.15) is 27.8 Å². The molecule has 29 heavy (non-hydrogen) atoms. The summed E-state index contributed by atoms with van der Waals surface area (Å²) in [6.07, 6.45) is 0. The lowest BCUT2D eigenvalue weighted by Crippen LogP contribution is -2.50. The van der Waals surface area contributed by atoms with E-state index in [0.717, 1.165) is 18.8 Å². The molecule has 1 aliphatic rings. The second-order valence-electron chi connectivity index (χ2n) is 7.14. The number of aromatic nitrogens is 3. The molecule has 7 nitrogen and oxygen atoms in total. The summed E-state index contributed by atoms with van der Waals surface area (Å²) >= 11 is 0. The van der Waals surface area contributed by atoms with Crippen LogP contribution in [0.4, 0.5) is 0 Å². The van der Waals surface area contributed by atoms with E-state index in [1.54, 1.807) is 6.92 Å². The zero-order chi connectivity index (χ0) is 20.1. The molecule has 1 aromatic heterocycles. The zero-order valence-electron chi connectivity index (χ0n) is 16.5. The van der Waals surface area contributed by atoms with Crippen LogP contribution < -0.4 is 4.74 Å². The highest BCUT2D eigenvalue weighted by atomic mass is 16.5. The topological polar surface area (TPSA) is 74.4 Å². The van der Waals surface area contributed by atoms with Gasteiger partial charge in [-0.2, -0.15) is 15.4 Å². The van der Waals surface area contributed by atoms with Gasteiger partial charge in [0.05, 0.1) is 11.7 Å². The third-order valence-electron chi connectivity index (χ3n) is 5.30. The van der Waals surface area contributed by atoms with E-state index in [1.165, 1.54) is 5.56 Å². The number of H-pyrrole nitrogens is 1. The molecule has 1 fully saturated rings. The van der Waals surface area contributed by atoms with Crippen LogP contribution >= 0.6 is 0 Å². The van der Waals surface area contributed by atoms with Crippen molar-refractivity contribution in [2.75, 3.05) is 32.8 Å². The zero-order valence-corrected chi connectivity index (χ0v) is 16.5. The Labute approximate surface area is 170 Å². The van der Waals surface area contributed by atoms with E-state index in [4.69, 9.17) is 4.74 Å². The van der Waals surface area contributed by atoms with Gasteiger partial charge in [-0.1, -0.05) is 48.5 Å². The lowest BCUT2D eigenvalue weighted by Gasteiger charge is -2.39.